The maximum atomic E-state index is 13.8. The standard InChI is InChI=1S/C20H20FN3O3S/c1-12(2)27-17-9-15(19(25)22-20-24-23-13(3)28-20)8-16(10-17)26-11-14-6-4-5-7-18(14)21/h4-10,12H,11H2,1-3H3,(H,22,24,25). The molecule has 146 valence electrons. The molecule has 1 aromatic heterocycles. The first-order valence-corrected chi connectivity index (χ1v) is 9.52. The van der Waals surface area contributed by atoms with E-state index in [1.54, 1.807) is 43.3 Å². The minimum absolute atomic E-state index is 0.0362. The first kappa shape index (κ1) is 19.8. The Balaban J connectivity index is 1.81. The molecule has 0 aliphatic rings. The van der Waals surface area contributed by atoms with Crippen LogP contribution in [0.5, 0.6) is 11.5 Å². The zero-order chi connectivity index (χ0) is 20.1. The van der Waals surface area contributed by atoms with Gasteiger partial charge in [-0.2, -0.15) is 0 Å². The van der Waals surface area contributed by atoms with E-state index in [4.69, 9.17) is 9.47 Å². The Hall–Kier alpha value is -3.00. The summed E-state index contributed by atoms with van der Waals surface area (Å²) in [5, 5.41) is 11.6. The second-order valence-electron chi connectivity index (χ2n) is 6.32. The number of nitrogens with zero attached hydrogens (tertiary/aromatic N) is 2. The number of ether oxygens (including phenoxy) is 2. The van der Waals surface area contributed by atoms with Crippen LogP contribution in [-0.2, 0) is 6.61 Å². The SMILES string of the molecule is Cc1nnc(NC(=O)c2cc(OCc3ccccc3F)cc(OC(C)C)c2)s1. The number of anilines is 1. The van der Waals surface area contributed by atoms with Crippen LogP contribution < -0.4 is 14.8 Å². The fourth-order valence-corrected chi connectivity index (χ4v) is 3.01. The summed E-state index contributed by atoms with van der Waals surface area (Å²) in [6.07, 6.45) is -0.0801. The van der Waals surface area contributed by atoms with E-state index in [-0.39, 0.29) is 24.4 Å². The van der Waals surface area contributed by atoms with Gasteiger partial charge < -0.3 is 9.47 Å². The van der Waals surface area contributed by atoms with Gasteiger partial charge in [0.25, 0.3) is 5.91 Å². The van der Waals surface area contributed by atoms with Crippen LogP contribution in [0.4, 0.5) is 9.52 Å². The summed E-state index contributed by atoms with van der Waals surface area (Å²) in [5.41, 5.74) is 0.766. The summed E-state index contributed by atoms with van der Waals surface area (Å²) < 4.78 is 25.2. The van der Waals surface area contributed by atoms with Gasteiger partial charge in [0.2, 0.25) is 5.13 Å². The predicted octanol–water partition coefficient (Wildman–Crippen LogP) is 4.60. The van der Waals surface area contributed by atoms with Gasteiger partial charge in [-0.15, -0.1) is 10.2 Å². The maximum Gasteiger partial charge on any atom is 0.257 e. The van der Waals surface area contributed by atoms with Gasteiger partial charge in [0.05, 0.1) is 6.10 Å². The van der Waals surface area contributed by atoms with Crippen molar-refractivity contribution in [3.05, 3.63) is 64.4 Å². The number of benzene rings is 2. The number of aryl methyl sites for hydroxylation is 1. The van der Waals surface area contributed by atoms with Crippen LogP contribution in [0.2, 0.25) is 0 Å². The number of nitrogens with one attached hydrogen (secondary N) is 1. The number of carbonyl (C=O) groups is 1. The van der Waals surface area contributed by atoms with Gasteiger partial charge in [0.1, 0.15) is 28.9 Å². The van der Waals surface area contributed by atoms with Gasteiger partial charge in [-0.3, -0.25) is 10.1 Å². The topological polar surface area (TPSA) is 73.3 Å². The number of amides is 1. The highest BCUT2D eigenvalue weighted by Crippen LogP contribution is 2.26. The van der Waals surface area contributed by atoms with Crippen molar-refractivity contribution in [1.29, 1.82) is 0 Å². The Morgan fingerprint density at radius 2 is 1.93 bits per heavy atom. The van der Waals surface area contributed by atoms with E-state index in [2.05, 4.69) is 15.5 Å². The van der Waals surface area contributed by atoms with Gasteiger partial charge in [-0.25, -0.2) is 4.39 Å². The quantitative estimate of drug-likeness (QED) is 0.626. The molecule has 1 heterocycles. The van der Waals surface area contributed by atoms with Gasteiger partial charge in [0.15, 0.2) is 0 Å². The average molecular weight is 401 g/mol. The zero-order valence-corrected chi connectivity index (χ0v) is 16.5. The van der Waals surface area contributed by atoms with Crippen molar-refractivity contribution in [3.8, 4) is 11.5 Å². The molecule has 1 N–H and O–H groups in total. The molecule has 0 atom stereocenters. The summed E-state index contributed by atoms with van der Waals surface area (Å²) in [7, 11) is 0. The zero-order valence-electron chi connectivity index (χ0n) is 15.7. The molecule has 0 saturated heterocycles. The van der Waals surface area contributed by atoms with E-state index in [1.807, 2.05) is 13.8 Å². The van der Waals surface area contributed by atoms with Crippen molar-refractivity contribution in [2.45, 2.75) is 33.5 Å². The Kier molecular flexibility index (Phi) is 6.20. The average Bonchev–Trinajstić information content (AvgIpc) is 3.05. The molecule has 0 saturated carbocycles. The highest BCUT2D eigenvalue weighted by atomic mass is 32.1. The van der Waals surface area contributed by atoms with Crippen LogP contribution >= 0.6 is 11.3 Å². The summed E-state index contributed by atoms with van der Waals surface area (Å²) in [5.74, 6) is 0.183. The van der Waals surface area contributed by atoms with E-state index in [1.165, 1.54) is 17.4 Å². The molecule has 8 heteroatoms. The number of hydrogen-bond acceptors (Lipinski definition) is 6. The van der Waals surface area contributed by atoms with Crippen LogP contribution in [0.1, 0.15) is 34.8 Å². The fourth-order valence-electron chi connectivity index (χ4n) is 2.42. The van der Waals surface area contributed by atoms with E-state index < -0.39 is 0 Å². The molecule has 0 aliphatic heterocycles. The minimum atomic E-state index is -0.360. The number of hydrogen-bond donors (Lipinski definition) is 1. The fraction of sp³-hybridized carbons (Fsp3) is 0.250. The molecule has 3 aromatic rings. The lowest BCUT2D eigenvalue weighted by atomic mass is 10.2. The molecule has 0 radical (unpaired) electrons. The van der Waals surface area contributed by atoms with Crippen molar-refractivity contribution >= 4 is 22.4 Å². The second kappa shape index (κ2) is 8.79. The van der Waals surface area contributed by atoms with Crippen molar-refractivity contribution in [3.63, 3.8) is 0 Å². The third kappa shape index (κ3) is 5.26. The first-order chi connectivity index (χ1) is 13.4. The largest absolute Gasteiger partial charge is 0.491 e. The van der Waals surface area contributed by atoms with Crippen molar-refractivity contribution in [2.75, 3.05) is 5.32 Å². The highest BCUT2D eigenvalue weighted by Gasteiger charge is 2.14. The van der Waals surface area contributed by atoms with Crippen LogP contribution in [0.25, 0.3) is 0 Å². The molecule has 28 heavy (non-hydrogen) atoms. The van der Waals surface area contributed by atoms with Gasteiger partial charge in [-0.05, 0) is 39.0 Å². The molecule has 1 amide bonds. The lowest BCUT2D eigenvalue weighted by Crippen LogP contribution is -2.13. The van der Waals surface area contributed by atoms with Crippen LogP contribution in [-0.4, -0.2) is 22.2 Å². The molecule has 0 unspecified atom stereocenters. The van der Waals surface area contributed by atoms with Gasteiger partial charge >= 0.3 is 0 Å². The molecule has 6 nitrogen and oxygen atoms in total. The molecule has 0 spiro atoms. The third-order valence-corrected chi connectivity index (χ3v) is 4.37. The first-order valence-electron chi connectivity index (χ1n) is 8.70. The van der Waals surface area contributed by atoms with Crippen molar-refractivity contribution < 1.29 is 18.7 Å². The third-order valence-electron chi connectivity index (χ3n) is 3.61. The van der Waals surface area contributed by atoms with E-state index >= 15 is 0 Å². The highest BCUT2D eigenvalue weighted by molar-refractivity contribution is 7.15. The van der Waals surface area contributed by atoms with Crippen LogP contribution in [0.3, 0.4) is 0 Å². The summed E-state index contributed by atoms with van der Waals surface area (Å²) in [6, 6.07) is 11.3. The van der Waals surface area contributed by atoms with E-state index in [0.29, 0.717) is 27.8 Å². The van der Waals surface area contributed by atoms with Crippen LogP contribution in [0.15, 0.2) is 42.5 Å². The summed E-state index contributed by atoms with van der Waals surface area (Å²) in [4.78, 5) is 12.6. The molecular weight excluding hydrogens is 381 g/mol. The normalized spacial score (nSPS) is 10.8. The minimum Gasteiger partial charge on any atom is -0.491 e. The maximum absolute atomic E-state index is 13.8. The Bertz CT molecular complexity index is 975. The molecule has 0 fully saturated rings. The molecular formula is C20H20FN3O3S. The Morgan fingerprint density at radius 3 is 2.61 bits per heavy atom. The monoisotopic (exact) mass is 401 g/mol. The summed E-state index contributed by atoms with van der Waals surface area (Å²) in [6.45, 7) is 5.61. The number of aromatic nitrogens is 2. The lowest BCUT2D eigenvalue weighted by Gasteiger charge is -2.14. The molecule has 0 bridgehead atoms. The van der Waals surface area contributed by atoms with Gasteiger partial charge in [-0.1, -0.05) is 29.5 Å². The van der Waals surface area contributed by atoms with Crippen molar-refractivity contribution in [2.24, 2.45) is 0 Å². The number of halogens is 1. The van der Waals surface area contributed by atoms with Gasteiger partial charge in [0, 0.05) is 17.2 Å². The second-order valence-corrected chi connectivity index (χ2v) is 7.50. The number of carbonyl (C=O) groups excluding carboxylic acids is 1. The Labute approximate surface area is 166 Å². The number of rotatable bonds is 7. The van der Waals surface area contributed by atoms with E-state index in [9.17, 15) is 9.18 Å². The Morgan fingerprint density at radius 1 is 1.18 bits per heavy atom. The van der Waals surface area contributed by atoms with E-state index in [0.717, 1.165) is 5.01 Å². The van der Waals surface area contributed by atoms with Crippen molar-refractivity contribution in [1.82, 2.24) is 10.2 Å². The lowest BCUT2D eigenvalue weighted by molar-refractivity contribution is 0.102. The molecule has 0 aliphatic carbocycles. The molecule has 2 aromatic carbocycles. The predicted molar refractivity (Wildman–Crippen MR) is 106 cm³/mol. The summed E-state index contributed by atoms with van der Waals surface area (Å²) >= 11 is 1.28. The van der Waals surface area contributed by atoms with Crippen LogP contribution in [0, 0.1) is 12.7 Å². The molecule has 3 rings (SSSR count). The smallest absolute Gasteiger partial charge is 0.257 e.